The smallest absolute Gasteiger partial charge is 0.239 e. The van der Waals surface area contributed by atoms with E-state index in [2.05, 4.69) is 10.6 Å². The zero-order chi connectivity index (χ0) is 12.8. The van der Waals surface area contributed by atoms with Crippen molar-refractivity contribution in [2.75, 3.05) is 20.1 Å². The van der Waals surface area contributed by atoms with Crippen molar-refractivity contribution in [2.45, 2.75) is 45.2 Å². The molecule has 5 heteroatoms. The third-order valence-corrected chi connectivity index (χ3v) is 2.95. The van der Waals surface area contributed by atoms with Crippen molar-refractivity contribution in [3.05, 3.63) is 0 Å². The van der Waals surface area contributed by atoms with Gasteiger partial charge in [-0.25, -0.2) is 0 Å². The summed E-state index contributed by atoms with van der Waals surface area (Å²) in [7, 11) is 1.61. The van der Waals surface area contributed by atoms with E-state index < -0.39 is 0 Å². The Morgan fingerprint density at radius 1 is 1.53 bits per heavy atom. The highest BCUT2D eigenvalue weighted by atomic mass is 16.2. The van der Waals surface area contributed by atoms with E-state index in [0.29, 0.717) is 19.0 Å². The van der Waals surface area contributed by atoms with Crippen molar-refractivity contribution in [3.63, 3.8) is 0 Å². The molecular formula is C12H23N3O2. The van der Waals surface area contributed by atoms with Crippen LogP contribution in [-0.2, 0) is 9.59 Å². The molecule has 1 rings (SSSR count). The first kappa shape index (κ1) is 14.0. The maximum absolute atomic E-state index is 12.1. The van der Waals surface area contributed by atoms with E-state index in [1.807, 2.05) is 13.8 Å². The van der Waals surface area contributed by atoms with Gasteiger partial charge in [-0.15, -0.1) is 0 Å². The molecule has 0 saturated carbocycles. The van der Waals surface area contributed by atoms with E-state index in [9.17, 15) is 9.59 Å². The molecule has 1 aliphatic rings. The van der Waals surface area contributed by atoms with Crippen LogP contribution >= 0.6 is 0 Å². The Labute approximate surface area is 103 Å². The molecule has 1 fully saturated rings. The molecule has 0 spiro atoms. The van der Waals surface area contributed by atoms with Gasteiger partial charge < -0.3 is 15.5 Å². The van der Waals surface area contributed by atoms with Crippen molar-refractivity contribution in [1.82, 2.24) is 15.5 Å². The third kappa shape index (κ3) is 4.34. The minimum Gasteiger partial charge on any atom is -0.359 e. The van der Waals surface area contributed by atoms with Crippen molar-refractivity contribution < 1.29 is 9.59 Å². The van der Waals surface area contributed by atoms with E-state index >= 15 is 0 Å². The number of rotatable bonds is 5. The Kier molecular flexibility index (Phi) is 5.41. The number of carbonyl (C=O) groups excluding carboxylic acids is 2. The lowest BCUT2D eigenvalue weighted by molar-refractivity contribution is -0.136. The highest BCUT2D eigenvalue weighted by Crippen LogP contribution is 2.12. The molecule has 0 aromatic heterocycles. The minimum absolute atomic E-state index is 0.0169. The van der Waals surface area contributed by atoms with Gasteiger partial charge in [-0.2, -0.15) is 0 Å². The molecule has 0 aromatic carbocycles. The predicted octanol–water partition coefficient (Wildman–Crippen LogP) is 0.112. The van der Waals surface area contributed by atoms with Gasteiger partial charge in [0.15, 0.2) is 0 Å². The zero-order valence-corrected chi connectivity index (χ0v) is 11.0. The van der Waals surface area contributed by atoms with Gasteiger partial charge in [-0.05, 0) is 12.8 Å². The Morgan fingerprint density at radius 3 is 2.82 bits per heavy atom. The van der Waals surface area contributed by atoms with Crippen molar-refractivity contribution in [1.29, 1.82) is 0 Å². The second-order valence-corrected chi connectivity index (χ2v) is 4.76. The molecular weight excluding hydrogens is 218 g/mol. The largest absolute Gasteiger partial charge is 0.359 e. The summed E-state index contributed by atoms with van der Waals surface area (Å²) in [4.78, 5) is 25.0. The SMILES string of the molecule is CNC(=O)CCN1CCCC(NC(C)C)C1=O. The lowest BCUT2D eigenvalue weighted by Crippen LogP contribution is -2.52. The summed E-state index contributed by atoms with van der Waals surface area (Å²) in [6.07, 6.45) is 2.29. The normalized spacial score (nSPS) is 20.8. The molecule has 0 bridgehead atoms. The summed E-state index contributed by atoms with van der Waals surface area (Å²) >= 11 is 0. The molecule has 1 heterocycles. The van der Waals surface area contributed by atoms with E-state index in [4.69, 9.17) is 0 Å². The van der Waals surface area contributed by atoms with Gasteiger partial charge in [0.05, 0.1) is 6.04 Å². The van der Waals surface area contributed by atoms with Gasteiger partial charge in [0, 0.05) is 32.6 Å². The van der Waals surface area contributed by atoms with Crippen LogP contribution in [0.5, 0.6) is 0 Å². The fourth-order valence-electron chi connectivity index (χ4n) is 2.08. The molecule has 1 atom stereocenters. The lowest BCUT2D eigenvalue weighted by atomic mass is 10.0. The molecule has 0 aliphatic carbocycles. The number of nitrogens with one attached hydrogen (secondary N) is 2. The van der Waals surface area contributed by atoms with Crippen molar-refractivity contribution >= 4 is 11.8 Å². The molecule has 0 radical (unpaired) electrons. The predicted molar refractivity (Wildman–Crippen MR) is 66.6 cm³/mol. The molecule has 1 saturated heterocycles. The number of piperidine rings is 1. The van der Waals surface area contributed by atoms with Crippen LogP contribution in [0.2, 0.25) is 0 Å². The maximum atomic E-state index is 12.1. The fraction of sp³-hybridized carbons (Fsp3) is 0.833. The first-order chi connectivity index (χ1) is 8.04. The highest BCUT2D eigenvalue weighted by molar-refractivity contribution is 5.83. The van der Waals surface area contributed by atoms with Crippen LogP contribution in [0.15, 0.2) is 0 Å². The Bertz CT molecular complexity index is 279. The topological polar surface area (TPSA) is 61.4 Å². The van der Waals surface area contributed by atoms with Crippen LogP contribution in [0.4, 0.5) is 0 Å². The number of hydrogen-bond donors (Lipinski definition) is 2. The Morgan fingerprint density at radius 2 is 2.24 bits per heavy atom. The number of carbonyl (C=O) groups is 2. The van der Waals surface area contributed by atoms with Gasteiger partial charge in [0.2, 0.25) is 11.8 Å². The van der Waals surface area contributed by atoms with Gasteiger partial charge in [0.25, 0.3) is 0 Å². The second kappa shape index (κ2) is 6.59. The Hall–Kier alpha value is -1.10. The standard InChI is InChI=1S/C12H23N3O2/c1-9(2)14-10-5-4-7-15(12(10)17)8-6-11(16)13-3/h9-10,14H,4-8H2,1-3H3,(H,13,16). The first-order valence-electron chi connectivity index (χ1n) is 6.30. The van der Waals surface area contributed by atoms with Crippen LogP contribution in [0.25, 0.3) is 0 Å². The monoisotopic (exact) mass is 241 g/mol. The molecule has 98 valence electrons. The zero-order valence-electron chi connectivity index (χ0n) is 11.0. The summed E-state index contributed by atoms with van der Waals surface area (Å²) < 4.78 is 0. The molecule has 5 nitrogen and oxygen atoms in total. The second-order valence-electron chi connectivity index (χ2n) is 4.76. The van der Waals surface area contributed by atoms with Crippen LogP contribution < -0.4 is 10.6 Å². The van der Waals surface area contributed by atoms with Crippen LogP contribution in [0.3, 0.4) is 0 Å². The summed E-state index contributed by atoms with van der Waals surface area (Å²) in [6, 6.07) is 0.233. The quantitative estimate of drug-likeness (QED) is 0.718. The molecule has 0 aromatic rings. The van der Waals surface area contributed by atoms with E-state index in [1.54, 1.807) is 11.9 Å². The number of nitrogens with zero attached hydrogens (tertiary/aromatic N) is 1. The fourth-order valence-corrected chi connectivity index (χ4v) is 2.08. The summed E-state index contributed by atoms with van der Waals surface area (Å²) in [5, 5.41) is 5.84. The molecule has 1 aliphatic heterocycles. The van der Waals surface area contributed by atoms with Gasteiger partial charge in [0.1, 0.15) is 0 Å². The average Bonchev–Trinajstić information content (AvgIpc) is 2.29. The number of amides is 2. The van der Waals surface area contributed by atoms with Crippen LogP contribution in [-0.4, -0.2) is 48.9 Å². The third-order valence-electron chi connectivity index (χ3n) is 2.95. The van der Waals surface area contributed by atoms with Crippen LogP contribution in [0.1, 0.15) is 33.1 Å². The van der Waals surface area contributed by atoms with Crippen molar-refractivity contribution in [2.24, 2.45) is 0 Å². The van der Waals surface area contributed by atoms with Gasteiger partial charge >= 0.3 is 0 Å². The summed E-state index contributed by atoms with van der Waals surface area (Å²) in [6.45, 7) is 5.37. The van der Waals surface area contributed by atoms with Gasteiger partial charge in [-0.1, -0.05) is 13.8 Å². The van der Waals surface area contributed by atoms with E-state index in [0.717, 1.165) is 19.4 Å². The molecule has 2 amide bonds. The maximum Gasteiger partial charge on any atom is 0.239 e. The summed E-state index contributed by atoms with van der Waals surface area (Å²) in [5.41, 5.74) is 0. The van der Waals surface area contributed by atoms with Crippen molar-refractivity contribution in [3.8, 4) is 0 Å². The average molecular weight is 241 g/mol. The Balaban J connectivity index is 2.44. The molecule has 17 heavy (non-hydrogen) atoms. The van der Waals surface area contributed by atoms with Crippen LogP contribution in [0, 0.1) is 0 Å². The first-order valence-corrected chi connectivity index (χ1v) is 6.30. The number of likely N-dealkylation sites (tertiary alicyclic amines) is 1. The number of hydrogen-bond acceptors (Lipinski definition) is 3. The minimum atomic E-state index is -0.0755. The lowest BCUT2D eigenvalue weighted by Gasteiger charge is -2.33. The highest BCUT2D eigenvalue weighted by Gasteiger charge is 2.28. The molecule has 1 unspecified atom stereocenters. The van der Waals surface area contributed by atoms with E-state index in [1.165, 1.54) is 0 Å². The molecule has 2 N–H and O–H groups in total. The van der Waals surface area contributed by atoms with Gasteiger partial charge in [-0.3, -0.25) is 9.59 Å². The summed E-state index contributed by atoms with van der Waals surface area (Å²) in [5.74, 6) is 0.116. The van der Waals surface area contributed by atoms with E-state index in [-0.39, 0.29) is 17.9 Å².